The summed E-state index contributed by atoms with van der Waals surface area (Å²) in [6.07, 6.45) is 0.680. The van der Waals surface area contributed by atoms with Gasteiger partial charge in [-0.25, -0.2) is 0 Å². The number of thiophene rings is 1. The summed E-state index contributed by atoms with van der Waals surface area (Å²) in [5.74, 6) is 0. The van der Waals surface area contributed by atoms with Crippen LogP contribution in [0, 0.1) is 0 Å². The van der Waals surface area contributed by atoms with Crippen LogP contribution in [0.3, 0.4) is 0 Å². The molecule has 1 aromatic rings. The highest BCUT2D eigenvalue weighted by molar-refractivity contribution is 9.13. The molecule has 0 bridgehead atoms. The summed E-state index contributed by atoms with van der Waals surface area (Å²) in [4.78, 5) is 0.979. The Bertz CT molecular complexity index is 271. The fraction of sp³-hybridized carbons (Fsp3) is 0.556. The molecule has 2 N–H and O–H groups in total. The van der Waals surface area contributed by atoms with E-state index in [-0.39, 0.29) is 0 Å². The van der Waals surface area contributed by atoms with Gasteiger partial charge in [0.15, 0.2) is 0 Å². The standard InChI is InChI=1S/C9H13Br2NOS/c1-2-3-12-5-7(13)8-4-6(10)9(11)14-8/h4,7,12-13H,2-3,5H2,1H3. The van der Waals surface area contributed by atoms with Gasteiger partial charge in [0, 0.05) is 15.9 Å². The number of rotatable bonds is 5. The second-order valence-electron chi connectivity index (χ2n) is 2.99. The average Bonchev–Trinajstić information content (AvgIpc) is 2.47. The molecule has 0 saturated carbocycles. The van der Waals surface area contributed by atoms with Crippen molar-refractivity contribution < 1.29 is 5.11 Å². The van der Waals surface area contributed by atoms with E-state index in [0.29, 0.717) is 6.54 Å². The summed E-state index contributed by atoms with van der Waals surface area (Å²) in [6.45, 7) is 3.68. The maximum atomic E-state index is 9.79. The molecular weight excluding hydrogens is 330 g/mol. The number of nitrogens with one attached hydrogen (secondary N) is 1. The Morgan fingerprint density at radius 3 is 2.79 bits per heavy atom. The van der Waals surface area contributed by atoms with Gasteiger partial charge in [0.25, 0.3) is 0 Å². The van der Waals surface area contributed by atoms with Crippen molar-refractivity contribution in [3.63, 3.8) is 0 Å². The van der Waals surface area contributed by atoms with Crippen molar-refractivity contribution in [2.24, 2.45) is 0 Å². The molecular formula is C9H13Br2NOS. The molecule has 1 heterocycles. The van der Waals surface area contributed by atoms with Crippen molar-refractivity contribution >= 4 is 43.2 Å². The third kappa shape index (κ3) is 3.62. The first-order valence-electron chi connectivity index (χ1n) is 4.48. The molecule has 1 aromatic heterocycles. The Balaban J connectivity index is 2.47. The molecule has 0 fully saturated rings. The molecule has 0 radical (unpaired) electrons. The molecule has 0 spiro atoms. The second kappa shape index (κ2) is 6.23. The Hall–Kier alpha value is 0.580. The molecule has 0 aromatic carbocycles. The average molecular weight is 343 g/mol. The van der Waals surface area contributed by atoms with E-state index in [1.54, 1.807) is 11.3 Å². The molecule has 5 heteroatoms. The topological polar surface area (TPSA) is 32.3 Å². The highest BCUT2D eigenvalue weighted by Gasteiger charge is 2.12. The second-order valence-corrected chi connectivity index (χ2v) is 6.25. The molecule has 0 aliphatic heterocycles. The van der Waals surface area contributed by atoms with Gasteiger partial charge in [-0.2, -0.15) is 0 Å². The van der Waals surface area contributed by atoms with Gasteiger partial charge in [0.1, 0.15) is 6.10 Å². The van der Waals surface area contributed by atoms with Crippen molar-refractivity contribution in [2.45, 2.75) is 19.4 Å². The largest absolute Gasteiger partial charge is 0.386 e. The lowest BCUT2D eigenvalue weighted by molar-refractivity contribution is 0.178. The monoisotopic (exact) mass is 341 g/mol. The number of aliphatic hydroxyl groups excluding tert-OH is 1. The van der Waals surface area contributed by atoms with E-state index in [2.05, 4.69) is 44.1 Å². The molecule has 14 heavy (non-hydrogen) atoms. The van der Waals surface area contributed by atoms with Crippen molar-refractivity contribution in [2.75, 3.05) is 13.1 Å². The van der Waals surface area contributed by atoms with Crippen LogP contribution < -0.4 is 5.32 Å². The van der Waals surface area contributed by atoms with Crippen LogP contribution in [0.15, 0.2) is 14.3 Å². The summed E-state index contributed by atoms with van der Waals surface area (Å²) in [5.41, 5.74) is 0. The number of aliphatic hydroxyl groups is 1. The van der Waals surface area contributed by atoms with Crippen LogP contribution >= 0.6 is 43.2 Å². The third-order valence-electron chi connectivity index (χ3n) is 1.76. The van der Waals surface area contributed by atoms with Crippen LogP contribution in [0.25, 0.3) is 0 Å². The van der Waals surface area contributed by atoms with Gasteiger partial charge < -0.3 is 10.4 Å². The first kappa shape index (κ1) is 12.6. The third-order valence-corrected chi connectivity index (χ3v) is 5.11. The zero-order chi connectivity index (χ0) is 10.6. The van der Waals surface area contributed by atoms with Crippen LogP contribution in [-0.2, 0) is 0 Å². The van der Waals surface area contributed by atoms with Gasteiger partial charge in [-0.15, -0.1) is 11.3 Å². The highest BCUT2D eigenvalue weighted by atomic mass is 79.9. The molecule has 1 unspecified atom stereocenters. The van der Waals surface area contributed by atoms with Crippen molar-refractivity contribution in [1.82, 2.24) is 5.32 Å². The Morgan fingerprint density at radius 2 is 2.29 bits per heavy atom. The van der Waals surface area contributed by atoms with Gasteiger partial charge in [-0.3, -0.25) is 0 Å². The van der Waals surface area contributed by atoms with Crippen molar-refractivity contribution in [1.29, 1.82) is 0 Å². The first-order valence-corrected chi connectivity index (χ1v) is 6.89. The Morgan fingerprint density at radius 1 is 1.57 bits per heavy atom. The maximum absolute atomic E-state index is 9.79. The van der Waals surface area contributed by atoms with E-state index in [4.69, 9.17) is 0 Å². The molecule has 1 rings (SSSR count). The molecule has 80 valence electrons. The number of hydrogen-bond acceptors (Lipinski definition) is 3. The summed E-state index contributed by atoms with van der Waals surface area (Å²) < 4.78 is 2.04. The smallest absolute Gasteiger partial charge is 0.101 e. The minimum Gasteiger partial charge on any atom is -0.386 e. The zero-order valence-corrected chi connectivity index (χ0v) is 11.9. The Kier molecular flexibility index (Phi) is 5.62. The van der Waals surface area contributed by atoms with Gasteiger partial charge in [-0.05, 0) is 50.9 Å². The van der Waals surface area contributed by atoms with Crippen LogP contribution in [0.2, 0.25) is 0 Å². The minimum absolute atomic E-state index is 0.408. The summed E-state index contributed by atoms with van der Waals surface area (Å²) in [5, 5.41) is 13.0. The number of halogens is 2. The molecule has 0 saturated heterocycles. The molecule has 0 amide bonds. The normalized spacial score (nSPS) is 13.1. The predicted octanol–water partition coefficient (Wildman–Crippen LogP) is 3.31. The van der Waals surface area contributed by atoms with E-state index in [0.717, 1.165) is 26.1 Å². The van der Waals surface area contributed by atoms with Crippen LogP contribution in [0.5, 0.6) is 0 Å². The minimum atomic E-state index is -0.408. The maximum Gasteiger partial charge on any atom is 0.101 e. The van der Waals surface area contributed by atoms with E-state index in [1.807, 2.05) is 6.07 Å². The van der Waals surface area contributed by atoms with Crippen LogP contribution in [-0.4, -0.2) is 18.2 Å². The zero-order valence-electron chi connectivity index (χ0n) is 7.89. The van der Waals surface area contributed by atoms with Crippen LogP contribution in [0.1, 0.15) is 24.3 Å². The van der Waals surface area contributed by atoms with E-state index < -0.39 is 6.10 Å². The molecule has 0 aliphatic rings. The van der Waals surface area contributed by atoms with E-state index >= 15 is 0 Å². The summed E-state index contributed by atoms with van der Waals surface area (Å²) in [7, 11) is 0. The van der Waals surface area contributed by atoms with E-state index in [9.17, 15) is 5.11 Å². The quantitative estimate of drug-likeness (QED) is 0.804. The van der Waals surface area contributed by atoms with Crippen LogP contribution in [0.4, 0.5) is 0 Å². The lowest BCUT2D eigenvalue weighted by Crippen LogP contribution is -2.21. The summed E-state index contributed by atoms with van der Waals surface area (Å²) in [6, 6.07) is 1.95. The number of hydrogen-bond donors (Lipinski definition) is 2. The van der Waals surface area contributed by atoms with Gasteiger partial charge >= 0.3 is 0 Å². The predicted molar refractivity (Wildman–Crippen MR) is 67.8 cm³/mol. The summed E-state index contributed by atoms with van der Waals surface area (Å²) >= 11 is 8.36. The molecule has 2 nitrogen and oxygen atoms in total. The lowest BCUT2D eigenvalue weighted by atomic mass is 10.3. The molecule has 0 aliphatic carbocycles. The van der Waals surface area contributed by atoms with Crippen molar-refractivity contribution in [3.05, 3.63) is 19.2 Å². The van der Waals surface area contributed by atoms with Gasteiger partial charge in [0.2, 0.25) is 0 Å². The fourth-order valence-corrected chi connectivity index (χ4v) is 3.12. The lowest BCUT2D eigenvalue weighted by Gasteiger charge is -2.08. The SMILES string of the molecule is CCCNCC(O)c1cc(Br)c(Br)s1. The van der Waals surface area contributed by atoms with Gasteiger partial charge in [-0.1, -0.05) is 6.92 Å². The fourth-order valence-electron chi connectivity index (χ4n) is 1.04. The first-order chi connectivity index (χ1) is 6.65. The highest BCUT2D eigenvalue weighted by Crippen LogP contribution is 2.35. The van der Waals surface area contributed by atoms with Gasteiger partial charge in [0.05, 0.1) is 3.79 Å². The van der Waals surface area contributed by atoms with Crippen molar-refractivity contribution in [3.8, 4) is 0 Å². The molecule has 1 atom stereocenters. The van der Waals surface area contributed by atoms with E-state index in [1.165, 1.54) is 0 Å². The Labute approximate surface area is 105 Å².